The van der Waals surface area contributed by atoms with E-state index in [-0.39, 0.29) is 0 Å². The molecule has 2 aromatic carbocycles. The van der Waals surface area contributed by atoms with Gasteiger partial charge >= 0.3 is 11.8 Å². The highest BCUT2D eigenvalue weighted by Crippen LogP contribution is 2.22. The summed E-state index contributed by atoms with van der Waals surface area (Å²) in [7, 11) is 1.63. The number of aryl methyl sites for hydroxylation is 1. The quantitative estimate of drug-likeness (QED) is 0.822. The molecule has 7 heteroatoms. The lowest BCUT2D eigenvalue weighted by Crippen LogP contribution is -2.51. The molecule has 3 rings (SSSR count). The van der Waals surface area contributed by atoms with Crippen LogP contribution < -0.4 is 15.0 Å². The van der Waals surface area contributed by atoms with Gasteiger partial charge in [0.25, 0.3) is 0 Å². The molecule has 0 aromatic heterocycles. The first-order chi connectivity index (χ1) is 13.0. The Morgan fingerprint density at radius 2 is 1.70 bits per heavy atom. The van der Waals surface area contributed by atoms with Gasteiger partial charge in [-0.2, -0.15) is 0 Å². The normalized spacial score (nSPS) is 14.0. The molecule has 27 heavy (non-hydrogen) atoms. The van der Waals surface area contributed by atoms with Gasteiger partial charge in [0.15, 0.2) is 0 Å². The summed E-state index contributed by atoms with van der Waals surface area (Å²) in [6, 6.07) is 13.0. The molecule has 0 spiro atoms. The number of carbonyl (C=O) groups excluding carboxylic acids is 2. The van der Waals surface area contributed by atoms with E-state index in [1.165, 1.54) is 0 Å². The first kappa shape index (κ1) is 19.0. The highest BCUT2D eigenvalue weighted by atomic mass is 35.5. The SMILES string of the molecule is COc1ccc(N2CCN(C(=O)C(=O)Nc3cc(Cl)ccc3C)CC2)cc1. The average molecular weight is 388 g/mol. The molecular formula is C20H22ClN3O3. The molecule has 0 saturated carbocycles. The van der Waals surface area contributed by atoms with Gasteiger partial charge in [0.2, 0.25) is 0 Å². The third-order valence-electron chi connectivity index (χ3n) is 4.65. The van der Waals surface area contributed by atoms with Gasteiger partial charge in [-0.1, -0.05) is 17.7 Å². The lowest BCUT2D eigenvalue weighted by Gasteiger charge is -2.35. The molecule has 6 nitrogen and oxygen atoms in total. The Labute approximate surface area is 163 Å². The van der Waals surface area contributed by atoms with E-state index < -0.39 is 11.8 Å². The van der Waals surface area contributed by atoms with E-state index in [2.05, 4.69) is 10.2 Å². The molecule has 0 bridgehead atoms. The second-order valence-corrected chi connectivity index (χ2v) is 6.83. The number of carbonyl (C=O) groups is 2. The molecule has 1 heterocycles. The zero-order valence-corrected chi connectivity index (χ0v) is 16.1. The van der Waals surface area contributed by atoms with E-state index in [1.807, 2.05) is 31.2 Å². The van der Waals surface area contributed by atoms with Crippen molar-refractivity contribution >= 4 is 34.8 Å². The molecule has 2 amide bonds. The van der Waals surface area contributed by atoms with Crippen molar-refractivity contribution < 1.29 is 14.3 Å². The summed E-state index contributed by atoms with van der Waals surface area (Å²) in [6.07, 6.45) is 0. The number of hydrogen-bond donors (Lipinski definition) is 1. The lowest BCUT2D eigenvalue weighted by atomic mass is 10.2. The second kappa shape index (κ2) is 8.31. The predicted molar refractivity (Wildman–Crippen MR) is 107 cm³/mol. The Morgan fingerprint density at radius 3 is 2.33 bits per heavy atom. The Hall–Kier alpha value is -2.73. The topological polar surface area (TPSA) is 61.9 Å². The maximum Gasteiger partial charge on any atom is 0.313 e. The highest BCUT2D eigenvalue weighted by molar-refractivity contribution is 6.40. The summed E-state index contributed by atoms with van der Waals surface area (Å²) in [5, 5.41) is 3.17. The van der Waals surface area contributed by atoms with Gasteiger partial charge in [-0.25, -0.2) is 0 Å². The number of rotatable bonds is 3. The molecule has 142 valence electrons. The van der Waals surface area contributed by atoms with E-state index in [1.54, 1.807) is 30.2 Å². The van der Waals surface area contributed by atoms with Crippen LogP contribution in [-0.4, -0.2) is 50.0 Å². The molecule has 2 aromatic rings. The van der Waals surface area contributed by atoms with Crippen LogP contribution in [0.25, 0.3) is 0 Å². The van der Waals surface area contributed by atoms with E-state index in [0.29, 0.717) is 36.9 Å². The average Bonchev–Trinajstić information content (AvgIpc) is 2.70. The van der Waals surface area contributed by atoms with Crippen molar-refractivity contribution in [3.63, 3.8) is 0 Å². The summed E-state index contributed by atoms with van der Waals surface area (Å²) in [4.78, 5) is 28.6. The number of piperazine rings is 1. The Balaban J connectivity index is 1.57. The zero-order chi connectivity index (χ0) is 19.4. The Bertz CT molecular complexity index is 831. The van der Waals surface area contributed by atoms with Gasteiger partial charge in [-0.15, -0.1) is 0 Å². The standard InChI is InChI=1S/C20H22ClN3O3/c1-14-3-4-15(21)13-18(14)22-19(25)20(26)24-11-9-23(10-12-24)16-5-7-17(27-2)8-6-16/h3-8,13H,9-12H2,1-2H3,(H,22,25). The van der Waals surface area contributed by atoms with Gasteiger partial charge in [0.05, 0.1) is 7.11 Å². The summed E-state index contributed by atoms with van der Waals surface area (Å²) in [6.45, 7) is 4.17. The number of nitrogens with one attached hydrogen (secondary N) is 1. The minimum atomic E-state index is -0.640. The molecule has 1 fully saturated rings. The van der Waals surface area contributed by atoms with Crippen LogP contribution in [0.3, 0.4) is 0 Å². The first-order valence-electron chi connectivity index (χ1n) is 8.73. The smallest absolute Gasteiger partial charge is 0.313 e. The van der Waals surface area contributed by atoms with Crippen LogP contribution >= 0.6 is 11.6 Å². The summed E-state index contributed by atoms with van der Waals surface area (Å²) in [5.41, 5.74) is 2.48. The Morgan fingerprint density at radius 1 is 1.04 bits per heavy atom. The highest BCUT2D eigenvalue weighted by Gasteiger charge is 2.26. The number of ether oxygens (including phenoxy) is 1. The van der Waals surface area contributed by atoms with Crippen molar-refractivity contribution in [2.45, 2.75) is 6.92 Å². The Kier molecular flexibility index (Phi) is 5.86. The molecular weight excluding hydrogens is 366 g/mol. The van der Waals surface area contributed by atoms with Gasteiger partial charge < -0.3 is 19.9 Å². The number of halogens is 1. The summed E-state index contributed by atoms with van der Waals surface area (Å²) >= 11 is 5.96. The minimum absolute atomic E-state index is 0.493. The van der Waals surface area contributed by atoms with E-state index in [4.69, 9.17) is 16.3 Å². The fraction of sp³-hybridized carbons (Fsp3) is 0.300. The zero-order valence-electron chi connectivity index (χ0n) is 15.4. The fourth-order valence-corrected chi connectivity index (χ4v) is 3.18. The monoisotopic (exact) mass is 387 g/mol. The fourth-order valence-electron chi connectivity index (χ4n) is 3.01. The largest absolute Gasteiger partial charge is 0.497 e. The van der Waals surface area contributed by atoms with Crippen LogP contribution in [0.15, 0.2) is 42.5 Å². The molecule has 0 atom stereocenters. The third kappa shape index (κ3) is 4.52. The number of benzene rings is 2. The van der Waals surface area contributed by atoms with Crippen molar-refractivity contribution in [3.05, 3.63) is 53.1 Å². The molecule has 1 saturated heterocycles. The first-order valence-corrected chi connectivity index (χ1v) is 9.11. The van der Waals surface area contributed by atoms with E-state index in [9.17, 15) is 9.59 Å². The summed E-state index contributed by atoms with van der Waals surface area (Å²) < 4.78 is 5.17. The molecule has 1 aliphatic heterocycles. The number of anilines is 2. The second-order valence-electron chi connectivity index (χ2n) is 6.39. The number of nitrogens with zero attached hydrogens (tertiary/aromatic N) is 2. The van der Waals surface area contributed by atoms with Gasteiger partial charge in [0, 0.05) is 42.6 Å². The molecule has 0 radical (unpaired) electrons. The van der Waals surface area contributed by atoms with E-state index in [0.717, 1.165) is 17.0 Å². The van der Waals surface area contributed by atoms with Gasteiger partial charge in [0.1, 0.15) is 5.75 Å². The predicted octanol–water partition coefficient (Wildman–Crippen LogP) is 2.94. The van der Waals surface area contributed by atoms with Gasteiger partial charge in [-0.3, -0.25) is 9.59 Å². The van der Waals surface area contributed by atoms with Crippen LogP contribution in [0.1, 0.15) is 5.56 Å². The van der Waals surface area contributed by atoms with Crippen LogP contribution in [0.4, 0.5) is 11.4 Å². The van der Waals surface area contributed by atoms with Crippen LogP contribution in [0, 0.1) is 6.92 Å². The number of methoxy groups -OCH3 is 1. The van der Waals surface area contributed by atoms with Crippen molar-refractivity contribution in [1.82, 2.24) is 4.90 Å². The molecule has 0 aliphatic carbocycles. The molecule has 1 aliphatic rings. The number of hydrogen-bond acceptors (Lipinski definition) is 4. The van der Waals surface area contributed by atoms with Crippen LogP contribution in [-0.2, 0) is 9.59 Å². The van der Waals surface area contributed by atoms with E-state index >= 15 is 0 Å². The summed E-state index contributed by atoms with van der Waals surface area (Å²) in [5.74, 6) is -0.359. The molecule has 1 N–H and O–H groups in total. The van der Waals surface area contributed by atoms with Crippen molar-refractivity contribution in [2.75, 3.05) is 43.5 Å². The van der Waals surface area contributed by atoms with Crippen LogP contribution in [0.2, 0.25) is 5.02 Å². The number of amides is 2. The molecule has 0 unspecified atom stereocenters. The van der Waals surface area contributed by atoms with Gasteiger partial charge in [-0.05, 0) is 48.9 Å². The maximum absolute atomic E-state index is 12.5. The maximum atomic E-state index is 12.5. The van der Waals surface area contributed by atoms with Crippen molar-refractivity contribution in [3.8, 4) is 5.75 Å². The van der Waals surface area contributed by atoms with Crippen LogP contribution in [0.5, 0.6) is 5.75 Å². The third-order valence-corrected chi connectivity index (χ3v) is 4.88. The minimum Gasteiger partial charge on any atom is -0.497 e. The van der Waals surface area contributed by atoms with Crippen molar-refractivity contribution in [2.24, 2.45) is 0 Å². The van der Waals surface area contributed by atoms with Crippen molar-refractivity contribution in [1.29, 1.82) is 0 Å². The lowest BCUT2D eigenvalue weighted by molar-refractivity contribution is -0.143.